The fraction of sp³-hybridized carbons (Fsp3) is 0.304. The van der Waals surface area contributed by atoms with Gasteiger partial charge in [-0.15, -0.1) is 0 Å². The SMILES string of the molecule is COc1ccc(-c2cc(C(=O)NC(C)C(C)C)c3ccccc3n2)c(OC)c1. The number of amides is 1. The second kappa shape index (κ2) is 8.30. The molecule has 0 saturated carbocycles. The van der Waals surface area contributed by atoms with E-state index in [0.29, 0.717) is 28.7 Å². The highest BCUT2D eigenvalue weighted by molar-refractivity contribution is 6.07. The topological polar surface area (TPSA) is 60.5 Å². The minimum Gasteiger partial charge on any atom is -0.497 e. The first-order chi connectivity index (χ1) is 13.4. The number of nitrogens with one attached hydrogen (secondary N) is 1. The Morgan fingerprint density at radius 3 is 2.43 bits per heavy atom. The molecule has 1 amide bonds. The highest BCUT2D eigenvalue weighted by Gasteiger charge is 2.18. The van der Waals surface area contributed by atoms with Crippen molar-refractivity contribution in [3.8, 4) is 22.8 Å². The quantitative estimate of drug-likeness (QED) is 0.676. The van der Waals surface area contributed by atoms with Crippen molar-refractivity contribution in [2.24, 2.45) is 5.92 Å². The normalized spacial score (nSPS) is 12.1. The zero-order valence-electron chi connectivity index (χ0n) is 16.9. The Hall–Kier alpha value is -3.08. The molecule has 1 heterocycles. The van der Waals surface area contributed by atoms with Crippen molar-refractivity contribution in [3.63, 3.8) is 0 Å². The van der Waals surface area contributed by atoms with Gasteiger partial charge in [0.2, 0.25) is 0 Å². The van der Waals surface area contributed by atoms with Crippen molar-refractivity contribution in [1.82, 2.24) is 10.3 Å². The third-order valence-corrected chi connectivity index (χ3v) is 5.00. The van der Waals surface area contributed by atoms with Crippen LogP contribution in [0.15, 0.2) is 48.5 Å². The fourth-order valence-corrected chi connectivity index (χ4v) is 2.96. The second-order valence-corrected chi connectivity index (χ2v) is 7.14. The Morgan fingerprint density at radius 2 is 1.75 bits per heavy atom. The van der Waals surface area contributed by atoms with Gasteiger partial charge >= 0.3 is 0 Å². The monoisotopic (exact) mass is 378 g/mol. The fourth-order valence-electron chi connectivity index (χ4n) is 2.96. The van der Waals surface area contributed by atoms with Crippen molar-refractivity contribution in [2.75, 3.05) is 14.2 Å². The van der Waals surface area contributed by atoms with Crippen LogP contribution in [0.5, 0.6) is 11.5 Å². The van der Waals surface area contributed by atoms with Crippen LogP contribution in [0, 0.1) is 5.92 Å². The number of rotatable bonds is 6. The predicted molar refractivity (Wildman–Crippen MR) is 112 cm³/mol. The molecule has 0 saturated heterocycles. The average molecular weight is 378 g/mol. The second-order valence-electron chi connectivity index (χ2n) is 7.14. The van der Waals surface area contributed by atoms with Gasteiger partial charge in [-0.2, -0.15) is 0 Å². The van der Waals surface area contributed by atoms with E-state index in [9.17, 15) is 4.79 Å². The van der Waals surface area contributed by atoms with E-state index >= 15 is 0 Å². The van der Waals surface area contributed by atoms with Crippen LogP contribution in [0.1, 0.15) is 31.1 Å². The van der Waals surface area contributed by atoms with E-state index in [4.69, 9.17) is 14.5 Å². The van der Waals surface area contributed by atoms with Crippen molar-refractivity contribution in [2.45, 2.75) is 26.8 Å². The number of aromatic nitrogens is 1. The number of hydrogen-bond donors (Lipinski definition) is 1. The van der Waals surface area contributed by atoms with Gasteiger partial charge in [-0.3, -0.25) is 4.79 Å². The molecule has 2 aromatic carbocycles. The number of ether oxygens (including phenoxy) is 2. The third-order valence-electron chi connectivity index (χ3n) is 5.00. The Kier molecular flexibility index (Phi) is 5.83. The molecule has 5 nitrogen and oxygen atoms in total. The minimum atomic E-state index is -0.103. The molecule has 1 aromatic heterocycles. The van der Waals surface area contributed by atoms with E-state index in [2.05, 4.69) is 19.2 Å². The maximum atomic E-state index is 13.0. The number of para-hydroxylation sites is 1. The van der Waals surface area contributed by atoms with Gasteiger partial charge in [0.1, 0.15) is 11.5 Å². The van der Waals surface area contributed by atoms with Crippen molar-refractivity contribution in [3.05, 3.63) is 54.1 Å². The molecule has 28 heavy (non-hydrogen) atoms. The molecule has 146 valence electrons. The third kappa shape index (κ3) is 3.93. The molecule has 0 aliphatic rings. The Morgan fingerprint density at radius 1 is 1.00 bits per heavy atom. The highest BCUT2D eigenvalue weighted by atomic mass is 16.5. The Labute approximate surface area is 165 Å². The summed E-state index contributed by atoms with van der Waals surface area (Å²) in [6, 6.07) is 15.1. The van der Waals surface area contributed by atoms with Gasteiger partial charge in [-0.05, 0) is 37.1 Å². The van der Waals surface area contributed by atoms with Gasteiger partial charge in [-0.1, -0.05) is 32.0 Å². The van der Waals surface area contributed by atoms with E-state index in [1.165, 1.54) is 0 Å². The van der Waals surface area contributed by atoms with Crippen LogP contribution in [-0.2, 0) is 0 Å². The molecule has 0 fully saturated rings. The Bertz CT molecular complexity index is 998. The number of hydrogen-bond acceptors (Lipinski definition) is 4. The van der Waals surface area contributed by atoms with E-state index in [1.807, 2.05) is 55.5 Å². The maximum Gasteiger partial charge on any atom is 0.252 e. The first-order valence-corrected chi connectivity index (χ1v) is 9.37. The molecule has 1 N–H and O–H groups in total. The summed E-state index contributed by atoms with van der Waals surface area (Å²) in [5.74, 6) is 1.58. The van der Waals surface area contributed by atoms with E-state index in [0.717, 1.165) is 16.5 Å². The molecule has 0 spiro atoms. The number of methoxy groups -OCH3 is 2. The minimum absolute atomic E-state index is 0.0680. The molecular weight excluding hydrogens is 352 g/mol. The van der Waals surface area contributed by atoms with Gasteiger partial charge in [0.25, 0.3) is 5.91 Å². The molecule has 1 atom stereocenters. The van der Waals surface area contributed by atoms with Gasteiger partial charge in [0.05, 0.1) is 31.0 Å². The van der Waals surface area contributed by atoms with Crippen LogP contribution >= 0.6 is 0 Å². The molecule has 3 aromatic rings. The summed E-state index contributed by atoms with van der Waals surface area (Å²) in [5, 5.41) is 3.92. The first kappa shape index (κ1) is 19.7. The molecule has 5 heteroatoms. The predicted octanol–water partition coefficient (Wildman–Crippen LogP) is 4.69. The zero-order valence-corrected chi connectivity index (χ0v) is 16.9. The molecule has 0 aliphatic heterocycles. The number of pyridine rings is 1. The van der Waals surface area contributed by atoms with E-state index in [-0.39, 0.29) is 11.9 Å². The average Bonchev–Trinajstić information content (AvgIpc) is 2.72. The van der Waals surface area contributed by atoms with Crippen LogP contribution in [-0.4, -0.2) is 31.2 Å². The lowest BCUT2D eigenvalue weighted by Gasteiger charge is -2.19. The number of carbonyl (C=O) groups excluding carboxylic acids is 1. The van der Waals surface area contributed by atoms with Gasteiger partial charge in [0, 0.05) is 23.1 Å². The Balaban J connectivity index is 2.14. The highest BCUT2D eigenvalue weighted by Crippen LogP contribution is 2.34. The number of nitrogens with zero attached hydrogens (tertiary/aromatic N) is 1. The molecule has 0 radical (unpaired) electrons. The van der Waals surface area contributed by atoms with Gasteiger partial charge in [-0.25, -0.2) is 4.98 Å². The van der Waals surface area contributed by atoms with E-state index < -0.39 is 0 Å². The summed E-state index contributed by atoms with van der Waals surface area (Å²) in [4.78, 5) is 17.8. The van der Waals surface area contributed by atoms with Crippen LogP contribution in [0.2, 0.25) is 0 Å². The van der Waals surface area contributed by atoms with Crippen molar-refractivity contribution in [1.29, 1.82) is 0 Å². The number of carbonyl (C=O) groups is 1. The van der Waals surface area contributed by atoms with Crippen molar-refractivity contribution < 1.29 is 14.3 Å². The van der Waals surface area contributed by atoms with Crippen molar-refractivity contribution >= 4 is 16.8 Å². The molecule has 3 rings (SSSR count). The number of fused-ring (bicyclic) bond motifs is 1. The smallest absolute Gasteiger partial charge is 0.252 e. The molecule has 0 bridgehead atoms. The van der Waals surface area contributed by atoms with Crippen LogP contribution in [0.25, 0.3) is 22.2 Å². The zero-order chi connectivity index (χ0) is 20.3. The first-order valence-electron chi connectivity index (χ1n) is 9.37. The summed E-state index contributed by atoms with van der Waals surface area (Å²) < 4.78 is 10.8. The lowest BCUT2D eigenvalue weighted by molar-refractivity contribution is 0.0932. The largest absolute Gasteiger partial charge is 0.497 e. The van der Waals surface area contributed by atoms with Gasteiger partial charge in [0.15, 0.2) is 0 Å². The van der Waals surface area contributed by atoms with Crippen LogP contribution in [0.4, 0.5) is 0 Å². The lowest BCUT2D eigenvalue weighted by atomic mass is 10.0. The summed E-state index contributed by atoms with van der Waals surface area (Å²) in [5.41, 5.74) is 2.85. The maximum absolute atomic E-state index is 13.0. The summed E-state index contributed by atoms with van der Waals surface area (Å²) in [6.45, 7) is 6.19. The lowest BCUT2D eigenvalue weighted by Crippen LogP contribution is -2.36. The standard InChI is InChI=1S/C23H26N2O3/c1-14(2)15(3)24-23(26)19-13-21(25-20-9-7-6-8-17(19)20)18-11-10-16(27-4)12-22(18)28-5/h6-15H,1-5H3,(H,24,26). The number of benzene rings is 2. The molecular formula is C23H26N2O3. The summed E-state index contributed by atoms with van der Waals surface area (Å²) in [6.07, 6.45) is 0. The van der Waals surface area contributed by atoms with Crippen LogP contribution in [0.3, 0.4) is 0 Å². The summed E-state index contributed by atoms with van der Waals surface area (Å²) >= 11 is 0. The van der Waals surface area contributed by atoms with E-state index in [1.54, 1.807) is 14.2 Å². The molecule has 0 aliphatic carbocycles. The molecule has 1 unspecified atom stereocenters. The van der Waals surface area contributed by atoms with Gasteiger partial charge < -0.3 is 14.8 Å². The van der Waals surface area contributed by atoms with Crippen LogP contribution < -0.4 is 14.8 Å². The summed E-state index contributed by atoms with van der Waals surface area (Å²) in [7, 11) is 3.22.